The van der Waals surface area contributed by atoms with Crippen molar-refractivity contribution in [3.8, 4) is 0 Å². The smallest absolute Gasteiger partial charge is 0.200 e. The topological polar surface area (TPSA) is 9.23 Å². The van der Waals surface area contributed by atoms with Gasteiger partial charge in [0, 0.05) is 11.9 Å². The van der Waals surface area contributed by atoms with E-state index in [9.17, 15) is 0 Å². The van der Waals surface area contributed by atoms with Crippen LogP contribution in [-0.4, -0.2) is 20.3 Å². The third-order valence-electron chi connectivity index (χ3n) is 5.59. The van der Waals surface area contributed by atoms with Crippen molar-refractivity contribution in [2.24, 2.45) is 0 Å². The minimum Gasteiger partial charge on any atom is -0.416 e. The van der Waals surface area contributed by atoms with Crippen molar-refractivity contribution in [3.63, 3.8) is 0 Å². The molecule has 0 aliphatic heterocycles. The molecule has 0 atom stereocenters. The highest BCUT2D eigenvalue weighted by Gasteiger charge is 2.44. The highest BCUT2D eigenvalue weighted by atomic mass is 79.9. The summed E-state index contributed by atoms with van der Waals surface area (Å²) in [4.78, 5) is 0. The fraction of sp³-hybridized carbons (Fsp3) is 1.00. The van der Waals surface area contributed by atoms with Gasteiger partial charge in [-0.1, -0.05) is 109 Å². The zero-order valence-corrected chi connectivity index (χ0v) is 20.1. The largest absolute Gasteiger partial charge is 0.416 e. The predicted molar refractivity (Wildman–Crippen MR) is 117 cm³/mol. The Hall–Kier alpha value is 0.657. The lowest BCUT2D eigenvalue weighted by atomic mass is 10.1. The molecule has 0 spiro atoms. The summed E-state index contributed by atoms with van der Waals surface area (Å²) in [6.07, 6.45) is 13.9. The molecule has 0 heterocycles. The Balaban J connectivity index is 3.73. The maximum atomic E-state index is 6.63. The first kappa shape index (κ1) is 24.7. The maximum Gasteiger partial charge on any atom is 0.200 e. The molecule has 0 bridgehead atoms. The van der Waals surface area contributed by atoms with E-state index >= 15 is 0 Å². The summed E-state index contributed by atoms with van der Waals surface area (Å²) in [5, 5.41) is 1.17. The summed E-state index contributed by atoms with van der Waals surface area (Å²) in [5.41, 5.74) is 2.13. The molecule has 146 valence electrons. The van der Waals surface area contributed by atoms with Gasteiger partial charge in [0.25, 0.3) is 0 Å². The Morgan fingerprint density at radius 1 is 0.583 bits per heavy atom. The van der Waals surface area contributed by atoms with Crippen molar-refractivity contribution < 1.29 is 4.43 Å². The minimum absolute atomic E-state index is 0.710. The van der Waals surface area contributed by atoms with Gasteiger partial charge in [-0.05, 0) is 29.5 Å². The molecule has 3 heteroatoms. The molecule has 0 aromatic carbocycles. The van der Waals surface area contributed by atoms with E-state index in [0.29, 0.717) is 16.6 Å². The van der Waals surface area contributed by atoms with Crippen LogP contribution in [0.3, 0.4) is 0 Å². The van der Waals surface area contributed by atoms with Gasteiger partial charge in [0.05, 0.1) is 0 Å². The van der Waals surface area contributed by atoms with Crippen LogP contribution in [0.2, 0.25) is 16.6 Å². The van der Waals surface area contributed by atoms with Crippen LogP contribution in [0.25, 0.3) is 0 Å². The van der Waals surface area contributed by atoms with Gasteiger partial charge in [-0.3, -0.25) is 0 Å². The van der Waals surface area contributed by atoms with E-state index in [-0.39, 0.29) is 0 Å². The lowest BCUT2D eigenvalue weighted by molar-refractivity contribution is 0.267. The Morgan fingerprint density at radius 3 is 1.25 bits per heavy atom. The highest BCUT2D eigenvalue weighted by Crippen LogP contribution is 2.42. The molecule has 24 heavy (non-hydrogen) atoms. The first-order valence-corrected chi connectivity index (χ1v) is 13.9. The van der Waals surface area contributed by atoms with Gasteiger partial charge in [0.2, 0.25) is 0 Å². The van der Waals surface area contributed by atoms with Crippen LogP contribution >= 0.6 is 15.9 Å². The van der Waals surface area contributed by atoms with Gasteiger partial charge >= 0.3 is 0 Å². The van der Waals surface area contributed by atoms with Crippen molar-refractivity contribution >= 4 is 24.2 Å². The van der Waals surface area contributed by atoms with Crippen LogP contribution in [0.4, 0.5) is 0 Å². The highest BCUT2D eigenvalue weighted by molar-refractivity contribution is 9.09. The SMILES string of the molecule is CC(C)[Si](OCCCCCCCCCCCCBr)(C(C)C)C(C)C. The first-order valence-electron chi connectivity index (χ1n) is 10.6. The summed E-state index contributed by atoms with van der Waals surface area (Å²) in [6.45, 7) is 15.3. The zero-order chi connectivity index (χ0) is 18.4. The van der Waals surface area contributed by atoms with Crippen LogP contribution in [0.5, 0.6) is 0 Å². The second kappa shape index (κ2) is 14.8. The van der Waals surface area contributed by atoms with Gasteiger partial charge in [-0.15, -0.1) is 0 Å². The third kappa shape index (κ3) is 9.38. The molecule has 0 fully saturated rings. The second-order valence-electron chi connectivity index (χ2n) is 8.39. The monoisotopic (exact) mass is 420 g/mol. The van der Waals surface area contributed by atoms with E-state index < -0.39 is 8.32 Å². The lowest BCUT2D eigenvalue weighted by Crippen LogP contribution is -2.47. The molecule has 0 rings (SSSR count). The van der Waals surface area contributed by atoms with E-state index in [1.165, 1.54) is 69.5 Å². The first-order chi connectivity index (χ1) is 11.4. The van der Waals surface area contributed by atoms with Crippen molar-refractivity contribution in [3.05, 3.63) is 0 Å². The average molecular weight is 422 g/mol. The molecule has 0 N–H and O–H groups in total. The minimum atomic E-state index is -1.63. The van der Waals surface area contributed by atoms with Gasteiger partial charge in [0.1, 0.15) is 0 Å². The number of unbranched alkanes of at least 4 members (excludes halogenated alkanes) is 9. The molecule has 1 nitrogen and oxygen atoms in total. The quantitative estimate of drug-likeness (QED) is 0.138. The maximum absolute atomic E-state index is 6.63. The number of hydrogen-bond donors (Lipinski definition) is 0. The molecule has 0 radical (unpaired) electrons. The van der Waals surface area contributed by atoms with Crippen LogP contribution in [0, 0.1) is 0 Å². The molecule has 0 aromatic rings. The second-order valence-corrected chi connectivity index (χ2v) is 14.6. The van der Waals surface area contributed by atoms with Crippen LogP contribution in [-0.2, 0) is 4.43 Å². The van der Waals surface area contributed by atoms with Gasteiger partial charge in [-0.2, -0.15) is 0 Å². The van der Waals surface area contributed by atoms with Gasteiger partial charge in [-0.25, -0.2) is 0 Å². The Morgan fingerprint density at radius 2 is 0.917 bits per heavy atom. The lowest BCUT2D eigenvalue weighted by Gasteiger charge is -2.42. The van der Waals surface area contributed by atoms with E-state index in [1.807, 2.05) is 0 Å². The molecule has 0 aromatic heterocycles. The van der Waals surface area contributed by atoms with Crippen molar-refractivity contribution in [2.75, 3.05) is 11.9 Å². The molecule has 0 aliphatic carbocycles. The fourth-order valence-corrected chi connectivity index (χ4v) is 10.3. The molecular weight excluding hydrogens is 376 g/mol. The van der Waals surface area contributed by atoms with E-state index in [0.717, 1.165) is 6.61 Å². The summed E-state index contributed by atoms with van der Waals surface area (Å²) >= 11 is 3.50. The van der Waals surface area contributed by atoms with Crippen molar-refractivity contribution in [1.29, 1.82) is 0 Å². The van der Waals surface area contributed by atoms with Gasteiger partial charge < -0.3 is 4.43 Å². The van der Waals surface area contributed by atoms with Crippen LogP contribution in [0.1, 0.15) is 106 Å². The van der Waals surface area contributed by atoms with Crippen LogP contribution in [0.15, 0.2) is 0 Å². The number of alkyl halides is 1. The summed E-state index contributed by atoms with van der Waals surface area (Å²) in [6, 6.07) is 0. The fourth-order valence-electron chi connectivity index (χ4n) is 4.36. The summed E-state index contributed by atoms with van der Waals surface area (Å²) in [5.74, 6) is 0. The molecule has 0 unspecified atom stereocenters. The molecule has 0 saturated heterocycles. The Kier molecular flexibility index (Phi) is 15.2. The molecule has 0 saturated carbocycles. The normalized spacial score (nSPS) is 12.8. The van der Waals surface area contributed by atoms with E-state index in [4.69, 9.17) is 4.43 Å². The standard InChI is InChI=1S/C21H45BrOSi/c1-19(2)24(20(3)4,21(5)6)23-18-16-14-12-10-8-7-9-11-13-15-17-22/h19-21H,7-18H2,1-6H3. The molecule has 0 amide bonds. The Labute approximate surface area is 163 Å². The number of rotatable bonds is 16. The summed E-state index contributed by atoms with van der Waals surface area (Å²) < 4.78 is 6.63. The molecule has 0 aliphatic rings. The van der Waals surface area contributed by atoms with Gasteiger partial charge in [0.15, 0.2) is 8.32 Å². The number of hydrogen-bond acceptors (Lipinski definition) is 1. The number of halogens is 1. The van der Waals surface area contributed by atoms with Crippen molar-refractivity contribution in [2.45, 2.75) is 122 Å². The zero-order valence-electron chi connectivity index (χ0n) is 17.5. The van der Waals surface area contributed by atoms with Crippen LogP contribution < -0.4 is 0 Å². The average Bonchev–Trinajstić information content (AvgIpc) is 2.51. The predicted octanol–water partition coefficient (Wildman–Crippen LogP) is 8.47. The third-order valence-corrected chi connectivity index (χ3v) is 12.3. The van der Waals surface area contributed by atoms with E-state index in [2.05, 4.69) is 57.5 Å². The Bertz CT molecular complexity index is 257. The van der Waals surface area contributed by atoms with Crippen molar-refractivity contribution in [1.82, 2.24) is 0 Å². The van der Waals surface area contributed by atoms with E-state index in [1.54, 1.807) is 0 Å². The summed E-state index contributed by atoms with van der Waals surface area (Å²) in [7, 11) is -1.63. The molecular formula is C21H45BrOSi.